The summed E-state index contributed by atoms with van der Waals surface area (Å²) >= 11 is 0. The van der Waals surface area contributed by atoms with Crippen LogP contribution in [-0.2, 0) is 0 Å². The molecule has 1 fully saturated rings. The number of hydrogen-bond donors (Lipinski definition) is 1. The zero-order valence-corrected chi connectivity index (χ0v) is 19.6. The Kier molecular flexibility index (Phi) is 6.39. The number of aromatic amines is 1. The van der Waals surface area contributed by atoms with Gasteiger partial charge in [-0.05, 0) is 49.1 Å². The first-order chi connectivity index (χ1) is 17.1. The lowest BCUT2D eigenvalue weighted by Crippen LogP contribution is -2.37. The van der Waals surface area contributed by atoms with Crippen molar-refractivity contribution in [2.75, 3.05) is 13.1 Å². The van der Waals surface area contributed by atoms with E-state index in [1.54, 1.807) is 24.3 Å². The van der Waals surface area contributed by atoms with Crippen LogP contribution in [0.25, 0.3) is 16.9 Å². The number of nitrogens with zero attached hydrogens (tertiary/aromatic N) is 4. The first-order valence-corrected chi connectivity index (χ1v) is 11.9. The van der Waals surface area contributed by atoms with Gasteiger partial charge in [0, 0.05) is 24.2 Å². The summed E-state index contributed by atoms with van der Waals surface area (Å²) in [4.78, 5) is 28.5. The number of carbonyl (C=O) groups excluding carboxylic acids is 1. The summed E-state index contributed by atoms with van der Waals surface area (Å²) in [6.07, 6.45) is 2.02. The van der Waals surface area contributed by atoms with Gasteiger partial charge in [0.2, 0.25) is 0 Å². The summed E-state index contributed by atoms with van der Waals surface area (Å²) in [6.45, 7) is 3.74. The molecule has 0 atom stereocenters. The molecule has 1 aliphatic heterocycles. The molecule has 2 heterocycles. The molecule has 0 spiro atoms. The first kappa shape index (κ1) is 22.5. The molecule has 1 N–H and O–H groups in total. The Balaban J connectivity index is 1.54. The Morgan fingerprint density at radius 3 is 2.29 bits per heavy atom. The quantitative estimate of drug-likeness (QED) is 0.360. The molecule has 176 valence electrons. The van der Waals surface area contributed by atoms with Crippen LogP contribution in [0.1, 0.15) is 30.1 Å². The fraction of sp³-hybridized carbons (Fsp3) is 0.214. The van der Waals surface area contributed by atoms with Gasteiger partial charge in [-0.2, -0.15) is 5.11 Å². The first-order valence-electron chi connectivity index (χ1n) is 11.9. The van der Waals surface area contributed by atoms with Gasteiger partial charge in [-0.3, -0.25) is 14.7 Å². The lowest BCUT2D eigenvalue weighted by atomic mass is 9.98. The molecule has 1 amide bonds. The smallest absolute Gasteiger partial charge is 0.299 e. The number of azo groups is 1. The minimum atomic E-state index is -0.333. The summed E-state index contributed by atoms with van der Waals surface area (Å²) in [7, 11) is 0. The molecular weight excluding hydrogens is 438 g/mol. The topological polar surface area (TPSA) is 82.8 Å². The summed E-state index contributed by atoms with van der Waals surface area (Å²) < 4.78 is 1.43. The predicted molar refractivity (Wildman–Crippen MR) is 137 cm³/mol. The lowest BCUT2D eigenvalue weighted by Gasteiger charge is -2.30. The van der Waals surface area contributed by atoms with Crippen molar-refractivity contribution in [3.05, 3.63) is 101 Å². The number of likely N-dealkylation sites (tertiary alicyclic amines) is 1. The second kappa shape index (κ2) is 9.93. The van der Waals surface area contributed by atoms with E-state index in [0.717, 1.165) is 31.5 Å². The van der Waals surface area contributed by atoms with E-state index in [4.69, 9.17) is 0 Å². The zero-order valence-electron chi connectivity index (χ0n) is 19.6. The zero-order chi connectivity index (χ0) is 24.2. The fourth-order valence-electron chi connectivity index (χ4n) is 4.28. The highest BCUT2D eigenvalue weighted by Gasteiger charge is 2.22. The van der Waals surface area contributed by atoms with Gasteiger partial charge in [-0.25, -0.2) is 4.68 Å². The van der Waals surface area contributed by atoms with E-state index in [1.807, 2.05) is 65.6 Å². The Morgan fingerprint density at radius 1 is 0.886 bits per heavy atom. The van der Waals surface area contributed by atoms with Crippen molar-refractivity contribution >= 4 is 17.3 Å². The van der Waals surface area contributed by atoms with Crippen molar-refractivity contribution in [3.8, 4) is 16.9 Å². The van der Waals surface area contributed by atoms with Gasteiger partial charge in [0.15, 0.2) is 5.69 Å². The highest BCUT2D eigenvalue weighted by Crippen LogP contribution is 2.28. The Morgan fingerprint density at radius 2 is 1.57 bits per heavy atom. The number of piperidine rings is 1. The van der Waals surface area contributed by atoms with Gasteiger partial charge in [-0.1, -0.05) is 61.5 Å². The molecule has 1 saturated heterocycles. The van der Waals surface area contributed by atoms with Crippen LogP contribution >= 0.6 is 0 Å². The van der Waals surface area contributed by atoms with Gasteiger partial charge in [0.1, 0.15) is 0 Å². The van der Waals surface area contributed by atoms with Crippen molar-refractivity contribution in [2.45, 2.75) is 19.8 Å². The molecule has 0 bridgehead atoms. The van der Waals surface area contributed by atoms with Crippen LogP contribution in [0.2, 0.25) is 0 Å². The number of aromatic nitrogens is 2. The third kappa shape index (κ3) is 4.84. The van der Waals surface area contributed by atoms with E-state index in [9.17, 15) is 9.59 Å². The van der Waals surface area contributed by atoms with E-state index in [0.29, 0.717) is 28.6 Å². The number of H-pyrrole nitrogens is 1. The summed E-state index contributed by atoms with van der Waals surface area (Å²) in [6, 6.07) is 26.0. The number of rotatable bonds is 5. The highest BCUT2D eigenvalue weighted by molar-refractivity contribution is 5.94. The molecule has 35 heavy (non-hydrogen) atoms. The van der Waals surface area contributed by atoms with Crippen LogP contribution in [0.4, 0.5) is 11.4 Å². The van der Waals surface area contributed by atoms with Crippen molar-refractivity contribution in [3.63, 3.8) is 0 Å². The molecule has 7 nitrogen and oxygen atoms in total. The van der Waals surface area contributed by atoms with Crippen LogP contribution < -0.4 is 5.56 Å². The van der Waals surface area contributed by atoms with Crippen LogP contribution in [-0.4, -0.2) is 33.7 Å². The van der Waals surface area contributed by atoms with Crippen molar-refractivity contribution in [1.29, 1.82) is 0 Å². The largest absolute Gasteiger partial charge is 0.339 e. The molecule has 4 aromatic rings. The van der Waals surface area contributed by atoms with Gasteiger partial charge in [-0.15, -0.1) is 5.11 Å². The molecule has 7 heteroatoms. The summed E-state index contributed by atoms with van der Waals surface area (Å²) in [5.74, 6) is 0.633. The number of amides is 1. The molecular formula is C28H27N5O2. The SMILES string of the molecule is CC1CCN(C(=O)c2cccc(-n3[nH]c(-c4ccccc4)c(N=Nc4ccccc4)c3=O)c2)CC1. The van der Waals surface area contributed by atoms with E-state index in [2.05, 4.69) is 22.3 Å². The second-order valence-electron chi connectivity index (χ2n) is 8.90. The standard InChI is InChI=1S/C28H27N5O2/c1-20-15-17-32(18-16-20)27(34)22-11-8-14-24(19-22)33-28(35)26(30-29-23-12-6-3-7-13-23)25(31-33)21-9-4-2-5-10-21/h2-14,19-20,31H,15-18H2,1H3. The molecule has 5 rings (SSSR count). The van der Waals surface area contributed by atoms with Crippen molar-refractivity contribution in [2.24, 2.45) is 16.1 Å². The Labute approximate surface area is 203 Å². The normalized spacial score (nSPS) is 14.5. The van der Waals surface area contributed by atoms with E-state index in [1.165, 1.54) is 4.68 Å². The minimum Gasteiger partial charge on any atom is -0.339 e. The highest BCUT2D eigenvalue weighted by atomic mass is 16.2. The third-order valence-electron chi connectivity index (χ3n) is 6.37. The van der Waals surface area contributed by atoms with Crippen LogP contribution in [0, 0.1) is 5.92 Å². The summed E-state index contributed by atoms with van der Waals surface area (Å²) in [5, 5.41) is 11.8. The van der Waals surface area contributed by atoms with Crippen molar-refractivity contribution in [1.82, 2.24) is 14.7 Å². The molecule has 0 unspecified atom stereocenters. The second-order valence-corrected chi connectivity index (χ2v) is 8.90. The van der Waals surface area contributed by atoms with Crippen LogP contribution in [0.3, 0.4) is 0 Å². The predicted octanol–water partition coefficient (Wildman–Crippen LogP) is 6.12. The third-order valence-corrected chi connectivity index (χ3v) is 6.37. The molecule has 0 radical (unpaired) electrons. The monoisotopic (exact) mass is 465 g/mol. The maximum absolute atomic E-state index is 13.5. The fourth-order valence-corrected chi connectivity index (χ4v) is 4.28. The lowest BCUT2D eigenvalue weighted by molar-refractivity contribution is 0.0697. The van der Waals surface area contributed by atoms with Crippen LogP contribution in [0.15, 0.2) is 100.0 Å². The Hall–Kier alpha value is -4.26. The van der Waals surface area contributed by atoms with E-state index >= 15 is 0 Å². The maximum atomic E-state index is 13.5. The number of benzene rings is 3. The molecule has 3 aromatic carbocycles. The van der Waals surface area contributed by atoms with Crippen molar-refractivity contribution < 1.29 is 4.79 Å². The molecule has 0 saturated carbocycles. The van der Waals surface area contributed by atoms with Gasteiger partial charge >= 0.3 is 0 Å². The van der Waals surface area contributed by atoms with E-state index < -0.39 is 0 Å². The minimum absolute atomic E-state index is 0.00868. The number of carbonyl (C=O) groups is 1. The van der Waals surface area contributed by atoms with Gasteiger partial charge in [0.25, 0.3) is 11.5 Å². The van der Waals surface area contributed by atoms with Gasteiger partial charge < -0.3 is 4.90 Å². The maximum Gasteiger partial charge on any atom is 0.299 e. The van der Waals surface area contributed by atoms with Gasteiger partial charge in [0.05, 0.1) is 17.1 Å². The van der Waals surface area contributed by atoms with E-state index in [-0.39, 0.29) is 17.2 Å². The average Bonchev–Trinajstić information content (AvgIpc) is 3.24. The average molecular weight is 466 g/mol. The van der Waals surface area contributed by atoms with Crippen LogP contribution in [0.5, 0.6) is 0 Å². The molecule has 1 aliphatic rings. The molecule has 1 aromatic heterocycles. The Bertz CT molecular complexity index is 1400. The summed E-state index contributed by atoms with van der Waals surface area (Å²) in [5.41, 5.74) is 3.05. The number of hydrogen-bond acceptors (Lipinski definition) is 4. The number of nitrogens with one attached hydrogen (secondary N) is 1. The molecule has 0 aliphatic carbocycles.